The van der Waals surface area contributed by atoms with Gasteiger partial charge in [0, 0.05) is 6.92 Å². The minimum atomic E-state index is -0.635. The molecular formula is C7H11NO3. The van der Waals surface area contributed by atoms with E-state index in [2.05, 4.69) is 0 Å². The van der Waals surface area contributed by atoms with Gasteiger partial charge in [-0.05, 0) is 18.8 Å². The van der Waals surface area contributed by atoms with Crippen molar-refractivity contribution < 1.29 is 14.3 Å². The number of alkyl carbamates (subject to hydrolysis) is 1. The third-order valence-electron chi connectivity index (χ3n) is 1.43. The second-order valence-electron chi connectivity index (χ2n) is 2.72. The molecule has 0 aliphatic heterocycles. The molecule has 0 spiro atoms. The van der Waals surface area contributed by atoms with Crippen molar-refractivity contribution in [2.24, 2.45) is 5.92 Å². The van der Waals surface area contributed by atoms with Gasteiger partial charge in [-0.15, -0.1) is 0 Å². The summed E-state index contributed by atoms with van der Waals surface area (Å²) in [5, 5.41) is 2.03. The molecule has 0 aromatic carbocycles. The molecule has 11 heavy (non-hydrogen) atoms. The first-order valence-electron chi connectivity index (χ1n) is 3.63. The van der Waals surface area contributed by atoms with E-state index in [0.717, 1.165) is 12.8 Å². The Hall–Kier alpha value is -1.06. The predicted molar refractivity (Wildman–Crippen MR) is 37.9 cm³/mol. The molecule has 4 heteroatoms. The quantitative estimate of drug-likeness (QED) is 0.640. The van der Waals surface area contributed by atoms with Crippen LogP contribution in [-0.2, 0) is 9.53 Å². The molecule has 0 atom stereocenters. The maximum atomic E-state index is 10.6. The summed E-state index contributed by atoms with van der Waals surface area (Å²) >= 11 is 0. The SMILES string of the molecule is CC(=O)NC(=O)OCC1CC1. The molecule has 0 aromatic heterocycles. The highest BCUT2D eigenvalue weighted by Gasteiger charge is 2.23. The summed E-state index contributed by atoms with van der Waals surface area (Å²) in [6.45, 7) is 1.72. The predicted octanol–water partition coefficient (Wildman–Crippen LogP) is 0.669. The highest BCUT2D eigenvalue weighted by atomic mass is 16.5. The fourth-order valence-electron chi connectivity index (χ4n) is 0.658. The summed E-state index contributed by atoms with van der Waals surface area (Å²) in [5.41, 5.74) is 0. The zero-order chi connectivity index (χ0) is 8.27. The Balaban J connectivity index is 2.04. The fraction of sp³-hybridized carbons (Fsp3) is 0.714. The van der Waals surface area contributed by atoms with Gasteiger partial charge in [-0.25, -0.2) is 4.79 Å². The van der Waals surface area contributed by atoms with Crippen LogP contribution >= 0.6 is 0 Å². The van der Waals surface area contributed by atoms with Gasteiger partial charge in [0.1, 0.15) is 0 Å². The van der Waals surface area contributed by atoms with Gasteiger partial charge in [-0.3, -0.25) is 10.1 Å². The lowest BCUT2D eigenvalue weighted by Gasteiger charge is -2.01. The normalized spacial score (nSPS) is 15.7. The number of ether oxygens (including phenoxy) is 1. The Morgan fingerprint density at radius 2 is 2.18 bits per heavy atom. The van der Waals surface area contributed by atoms with E-state index in [0.29, 0.717) is 12.5 Å². The van der Waals surface area contributed by atoms with Crippen LogP contribution in [-0.4, -0.2) is 18.6 Å². The van der Waals surface area contributed by atoms with Gasteiger partial charge in [0.15, 0.2) is 0 Å². The van der Waals surface area contributed by atoms with Crippen molar-refractivity contribution in [3.8, 4) is 0 Å². The Morgan fingerprint density at radius 1 is 1.55 bits per heavy atom. The summed E-state index contributed by atoms with van der Waals surface area (Å²) in [6, 6.07) is 0. The number of carbonyl (C=O) groups excluding carboxylic acids is 2. The summed E-state index contributed by atoms with van der Waals surface area (Å²) in [6.07, 6.45) is 1.63. The van der Waals surface area contributed by atoms with Crippen LogP contribution in [0.15, 0.2) is 0 Å². The molecule has 62 valence electrons. The van der Waals surface area contributed by atoms with Crippen LogP contribution in [0, 0.1) is 5.92 Å². The number of hydrogen-bond donors (Lipinski definition) is 1. The lowest BCUT2D eigenvalue weighted by Crippen LogP contribution is -2.29. The molecule has 1 aliphatic carbocycles. The van der Waals surface area contributed by atoms with Crippen molar-refractivity contribution in [2.75, 3.05) is 6.61 Å². The summed E-state index contributed by atoms with van der Waals surface area (Å²) < 4.78 is 4.71. The molecule has 0 saturated heterocycles. The number of rotatable bonds is 2. The maximum absolute atomic E-state index is 10.6. The van der Waals surface area contributed by atoms with E-state index in [1.165, 1.54) is 6.92 Å². The Bertz CT molecular complexity index is 175. The number of imide groups is 1. The van der Waals surface area contributed by atoms with E-state index in [9.17, 15) is 9.59 Å². The van der Waals surface area contributed by atoms with E-state index in [-0.39, 0.29) is 5.91 Å². The average Bonchev–Trinajstić information content (AvgIpc) is 2.63. The molecule has 0 radical (unpaired) electrons. The number of nitrogens with one attached hydrogen (secondary N) is 1. The summed E-state index contributed by atoms with van der Waals surface area (Å²) in [7, 11) is 0. The Morgan fingerprint density at radius 3 is 2.64 bits per heavy atom. The highest BCUT2D eigenvalue weighted by molar-refractivity contribution is 5.90. The minimum Gasteiger partial charge on any atom is -0.449 e. The van der Waals surface area contributed by atoms with Crippen LogP contribution in [0.2, 0.25) is 0 Å². The Kier molecular flexibility index (Phi) is 2.46. The van der Waals surface area contributed by atoms with Crippen LogP contribution in [0.5, 0.6) is 0 Å². The van der Waals surface area contributed by atoms with Gasteiger partial charge in [0.05, 0.1) is 6.61 Å². The van der Waals surface area contributed by atoms with Crippen molar-refractivity contribution in [3.63, 3.8) is 0 Å². The second kappa shape index (κ2) is 3.37. The largest absolute Gasteiger partial charge is 0.449 e. The monoisotopic (exact) mass is 157 g/mol. The Labute approximate surface area is 64.9 Å². The molecule has 1 aliphatic rings. The molecule has 0 aromatic rings. The zero-order valence-electron chi connectivity index (χ0n) is 6.42. The lowest BCUT2D eigenvalue weighted by atomic mass is 10.5. The topological polar surface area (TPSA) is 55.4 Å². The molecule has 0 bridgehead atoms. The molecule has 1 saturated carbocycles. The molecule has 0 heterocycles. The van der Waals surface area contributed by atoms with Crippen LogP contribution in [0.25, 0.3) is 0 Å². The van der Waals surface area contributed by atoms with Gasteiger partial charge in [-0.1, -0.05) is 0 Å². The molecule has 1 fully saturated rings. The van der Waals surface area contributed by atoms with Crippen molar-refractivity contribution in [3.05, 3.63) is 0 Å². The van der Waals surface area contributed by atoms with Crippen LogP contribution in [0.4, 0.5) is 4.79 Å². The van der Waals surface area contributed by atoms with Gasteiger partial charge < -0.3 is 4.74 Å². The molecule has 0 unspecified atom stereocenters. The fourth-order valence-corrected chi connectivity index (χ4v) is 0.658. The van der Waals surface area contributed by atoms with E-state index in [4.69, 9.17) is 4.74 Å². The molecule has 2 amide bonds. The standard InChI is InChI=1S/C7H11NO3/c1-5(9)8-7(10)11-4-6-2-3-6/h6H,2-4H2,1H3,(H,8,9,10). The van der Waals surface area contributed by atoms with E-state index >= 15 is 0 Å². The first-order chi connectivity index (χ1) is 5.18. The van der Waals surface area contributed by atoms with Crippen LogP contribution in [0.3, 0.4) is 0 Å². The van der Waals surface area contributed by atoms with E-state index < -0.39 is 6.09 Å². The minimum absolute atomic E-state index is 0.384. The highest BCUT2D eigenvalue weighted by Crippen LogP contribution is 2.28. The van der Waals surface area contributed by atoms with Gasteiger partial charge >= 0.3 is 6.09 Å². The third kappa shape index (κ3) is 3.60. The second-order valence-corrected chi connectivity index (χ2v) is 2.72. The van der Waals surface area contributed by atoms with Gasteiger partial charge in [0.25, 0.3) is 0 Å². The van der Waals surface area contributed by atoms with Gasteiger partial charge in [-0.2, -0.15) is 0 Å². The van der Waals surface area contributed by atoms with Crippen molar-refractivity contribution in [2.45, 2.75) is 19.8 Å². The third-order valence-corrected chi connectivity index (χ3v) is 1.43. The lowest BCUT2D eigenvalue weighted by molar-refractivity contribution is -0.118. The van der Waals surface area contributed by atoms with Crippen LogP contribution < -0.4 is 5.32 Å². The first kappa shape index (κ1) is 8.04. The molecule has 1 N–H and O–H groups in total. The summed E-state index contributed by atoms with van der Waals surface area (Å²) in [5.74, 6) is 0.151. The van der Waals surface area contributed by atoms with Crippen molar-refractivity contribution in [1.82, 2.24) is 5.32 Å². The van der Waals surface area contributed by atoms with Crippen molar-refractivity contribution in [1.29, 1.82) is 0 Å². The smallest absolute Gasteiger partial charge is 0.413 e. The van der Waals surface area contributed by atoms with Gasteiger partial charge in [0.2, 0.25) is 5.91 Å². The number of amides is 2. The number of carbonyl (C=O) groups is 2. The van der Waals surface area contributed by atoms with Crippen molar-refractivity contribution >= 4 is 12.0 Å². The summed E-state index contributed by atoms with van der Waals surface area (Å²) in [4.78, 5) is 20.9. The maximum Gasteiger partial charge on any atom is 0.413 e. The van der Waals surface area contributed by atoms with E-state index in [1.54, 1.807) is 0 Å². The average molecular weight is 157 g/mol. The molecular weight excluding hydrogens is 146 g/mol. The number of hydrogen-bond acceptors (Lipinski definition) is 3. The molecule has 1 rings (SSSR count). The van der Waals surface area contributed by atoms with Crippen LogP contribution in [0.1, 0.15) is 19.8 Å². The van der Waals surface area contributed by atoms with E-state index in [1.807, 2.05) is 5.32 Å². The molecule has 4 nitrogen and oxygen atoms in total. The zero-order valence-corrected chi connectivity index (χ0v) is 6.42. The first-order valence-corrected chi connectivity index (χ1v) is 3.63.